The Kier molecular flexibility index (Phi) is 10.3. The summed E-state index contributed by atoms with van der Waals surface area (Å²) >= 11 is 0. The Morgan fingerprint density at radius 2 is 1.76 bits per heavy atom. The smallest absolute Gasteiger partial charge is 0.356 e. The molecule has 0 radical (unpaired) electrons. The van der Waals surface area contributed by atoms with Crippen molar-refractivity contribution in [3.05, 3.63) is 0 Å². The normalized spacial score (nSPS) is 18.2. The summed E-state index contributed by atoms with van der Waals surface area (Å²) in [6, 6.07) is 0. The molecule has 1 saturated heterocycles. The molecule has 0 aliphatic carbocycles. The van der Waals surface area contributed by atoms with E-state index in [2.05, 4.69) is 27.6 Å². The average molecular weight is 422 g/mol. The molecule has 1 rings (SSSR count). The number of rotatable bonds is 5. The van der Waals surface area contributed by atoms with E-state index < -0.39 is 12.6 Å². The van der Waals surface area contributed by atoms with E-state index in [-0.39, 0.29) is 30.5 Å². The predicted octanol–water partition coefficient (Wildman–Crippen LogP) is 2.45. The first-order valence-electron chi connectivity index (χ1n) is 7.10. The van der Waals surface area contributed by atoms with E-state index in [1.807, 2.05) is 0 Å². The standard InChI is InChI=1S/C13H25F3N4.HI/c1-17-12(19-8-6-13(14,15)16)18-7-3-11-4-9-20(2)10-5-11;/h11H,3-10H2,1-2H3,(H2,17,18,19);1H. The van der Waals surface area contributed by atoms with Gasteiger partial charge in [0.25, 0.3) is 0 Å². The Labute approximate surface area is 142 Å². The molecule has 126 valence electrons. The molecule has 0 aromatic rings. The minimum Gasteiger partial charge on any atom is -0.356 e. The van der Waals surface area contributed by atoms with Gasteiger partial charge in [-0.3, -0.25) is 4.99 Å². The number of alkyl halides is 3. The number of nitrogens with zero attached hydrogens (tertiary/aromatic N) is 2. The maximum atomic E-state index is 12.0. The molecular weight excluding hydrogens is 396 g/mol. The fourth-order valence-electron chi connectivity index (χ4n) is 2.29. The highest BCUT2D eigenvalue weighted by atomic mass is 127. The molecule has 0 aromatic heterocycles. The van der Waals surface area contributed by atoms with E-state index in [9.17, 15) is 13.2 Å². The number of likely N-dealkylation sites (tertiary alicyclic amines) is 1. The summed E-state index contributed by atoms with van der Waals surface area (Å²) in [7, 11) is 3.69. The van der Waals surface area contributed by atoms with Crippen molar-refractivity contribution >= 4 is 29.9 Å². The number of halogens is 4. The maximum Gasteiger partial charge on any atom is 0.390 e. The van der Waals surface area contributed by atoms with Crippen molar-refractivity contribution in [1.82, 2.24) is 15.5 Å². The van der Waals surface area contributed by atoms with Crippen LogP contribution in [0.3, 0.4) is 0 Å². The lowest BCUT2D eigenvalue weighted by molar-refractivity contribution is -0.132. The molecule has 0 saturated carbocycles. The number of aliphatic imine (C=N–C) groups is 1. The van der Waals surface area contributed by atoms with E-state index in [0.717, 1.165) is 26.1 Å². The van der Waals surface area contributed by atoms with E-state index in [4.69, 9.17) is 0 Å². The van der Waals surface area contributed by atoms with Gasteiger partial charge < -0.3 is 15.5 Å². The zero-order valence-corrected chi connectivity index (χ0v) is 15.0. The van der Waals surface area contributed by atoms with Gasteiger partial charge in [-0.2, -0.15) is 13.2 Å². The first-order chi connectivity index (χ1) is 9.40. The van der Waals surface area contributed by atoms with Crippen LogP contribution in [0.4, 0.5) is 13.2 Å². The minimum absolute atomic E-state index is 0. The van der Waals surface area contributed by atoms with Crippen molar-refractivity contribution in [2.24, 2.45) is 10.9 Å². The molecule has 8 heteroatoms. The lowest BCUT2D eigenvalue weighted by Crippen LogP contribution is -2.40. The second-order valence-electron chi connectivity index (χ2n) is 5.33. The van der Waals surface area contributed by atoms with Crippen LogP contribution in [0.5, 0.6) is 0 Å². The Morgan fingerprint density at radius 3 is 2.29 bits per heavy atom. The zero-order valence-electron chi connectivity index (χ0n) is 12.7. The van der Waals surface area contributed by atoms with Gasteiger partial charge in [0.2, 0.25) is 0 Å². The van der Waals surface area contributed by atoms with Crippen molar-refractivity contribution in [3.8, 4) is 0 Å². The van der Waals surface area contributed by atoms with Crippen molar-refractivity contribution < 1.29 is 13.2 Å². The molecule has 0 unspecified atom stereocenters. The van der Waals surface area contributed by atoms with Crippen LogP contribution in [0.2, 0.25) is 0 Å². The van der Waals surface area contributed by atoms with Crippen molar-refractivity contribution in [2.45, 2.75) is 31.9 Å². The van der Waals surface area contributed by atoms with Gasteiger partial charge in [0.1, 0.15) is 0 Å². The zero-order chi connectivity index (χ0) is 15.0. The van der Waals surface area contributed by atoms with Gasteiger partial charge in [-0.25, -0.2) is 0 Å². The summed E-state index contributed by atoms with van der Waals surface area (Å²) in [5.74, 6) is 1.15. The summed E-state index contributed by atoms with van der Waals surface area (Å²) < 4.78 is 36.1. The third kappa shape index (κ3) is 10.2. The summed E-state index contributed by atoms with van der Waals surface area (Å²) in [6.07, 6.45) is -1.55. The monoisotopic (exact) mass is 422 g/mol. The Morgan fingerprint density at radius 1 is 1.19 bits per heavy atom. The van der Waals surface area contributed by atoms with E-state index in [0.29, 0.717) is 11.9 Å². The SMILES string of the molecule is CN=C(NCCC1CCN(C)CC1)NCCC(F)(F)F.I. The Hall–Kier alpha value is -0.250. The molecule has 1 fully saturated rings. The summed E-state index contributed by atoms with van der Waals surface area (Å²) in [5.41, 5.74) is 0. The van der Waals surface area contributed by atoms with Gasteiger partial charge in [-0.05, 0) is 45.3 Å². The number of piperidine rings is 1. The number of nitrogens with one attached hydrogen (secondary N) is 2. The molecule has 1 aliphatic rings. The highest BCUT2D eigenvalue weighted by Crippen LogP contribution is 2.19. The molecule has 2 N–H and O–H groups in total. The predicted molar refractivity (Wildman–Crippen MR) is 90.3 cm³/mol. The molecule has 0 aromatic carbocycles. The van der Waals surface area contributed by atoms with Crippen LogP contribution in [0.1, 0.15) is 25.7 Å². The molecule has 0 amide bonds. The van der Waals surface area contributed by atoms with Crippen LogP contribution < -0.4 is 10.6 Å². The molecule has 1 heterocycles. The second-order valence-corrected chi connectivity index (χ2v) is 5.33. The molecule has 21 heavy (non-hydrogen) atoms. The number of hydrogen-bond donors (Lipinski definition) is 2. The van der Waals surface area contributed by atoms with Gasteiger partial charge in [0.05, 0.1) is 6.42 Å². The maximum absolute atomic E-state index is 12.0. The quantitative estimate of drug-likeness (QED) is 0.406. The van der Waals surface area contributed by atoms with E-state index in [1.54, 1.807) is 7.05 Å². The highest BCUT2D eigenvalue weighted by molar-refractivity contribution is 14.0. The Balaban J connectivity index is 0.00000400. The fourth-order valence-corrected chi connectivity index (χ4v) is 2.29. The number of hydrogen-bond acceptors (Lipinski definition) is 2. The number of guanidine groups is 1. The van der Waals surface area contributed by atoms with Crippen LogP contribution >= 0.6 is 24.0 Å². The van der Waals surface area contributed by atoms with Crippen LogP contribution in [0.25, 0.3) is 0 Å². The first kappa shape index (κ1) is 20.8. The minimum atomic E-state index is -4.13. The van der Waals surface area contributed by atoms with Gasteiger partial charge >= 0.3 is 6.18 Å². The third-order valence-corrected chi connectivity index (χ3v) is 3.61. The largest absolute Gasteiger partial charge is 0.390 e. The lowest BCUT2D eigenvalue weighted by Gasteiger charge is -2.29. The molecule has 0 bridgehead atoms. The fraction of sp³-hybridized carbons (Fsp3) is 0.923. The Bertz CT molecular complexity index is 302. The topological polar surface area (TPSA) is 39.7 Å². The molecule has 1 aliphatic heterocycles. The highest BCUT2D eigenvalue weighted by Gasteiger charge is 2.26. The molecule has 0 atom stereocenters. The summed E-state index contributed by atoms with van der Waals surface area (Å²) in [6.45, 7) is 2.86. The van der Waals surface area contributed by atoms with E-state index >= 15 is 0 Å². The molecule has 0 spiro atoms. The van der Waals surface area contributed by atoms with Crippen molar-refractivity contribution in [3.63, 3.8) is 0 Å². The van der Waals surface area contributed by atoms with Crippen LogP contribution in [-0.2, 0) is 0 Å². The van der Waals surface area contributed by atoms with Gasteiger partial charge in [-0.15, -0.1) is 24.0 Å². The van der Waals surface area contributed by atoms with Gasteiger partial charge in [0, 0.05) is 20.1 Å². The molecular formula is C13H26F3IN4. The van der Waals surface area contributed by atoms with Crippen LogP contribution in [0.15, 0.2) is 4.99 Å². The molecule has 4 nitrogen and oxygen atoms in total. The van der Waals surface area contributed by atoms with Gasteiger partial charge in [0.15, 0.2) is 5.96 Å². The second kappa shape index (κ2) is 10.5. The van der Waals surface area contributed by atoms with E-state index in [1.165, 1.54) is 12.8 Å². The van der Waals surface area contributed by atoms with Crippen LogP contribution in [-0.4, -0.2) is 57.3 Å². The first-order valence-corrected chi connectivity index (χ1v) is 7.10. The average Bonchev–Trinajstić information content (AvgIpc) is 2.38. The van der Waals surface area contributed by atoms with Crippen molar-refractivity contribution in [1.29, 1.82) is 0 Å². The lowest BCUT2D eigenvalue weighted by atomic mass is 9.94. The van der Waals surface area contributed by atoms with Crippen LogP contribution in [0, 0.1) is 5.92 Å². The van der Waals surface area contributed by atoms with Gasteiger partial charge in [-0.1, -0.05) is 0 Å². The summed E-state index contributed by atoms with van der Waals surface area (Å²) in [5, 5.41) is 5.75. The van der Waals surface area contributed by atoms with Crippen molar-refractivity contribution in [2.75, 3.05) is 40.3 Å². The summed E-state index contributed by atoms with van der Waals surface area (Å²) in [4.78, 5) is 6.24. The third-order valence-electron chi connectivity index (χ3n) is 3.61.